The quantitative estimate of drug-likeness (QED) is 0.0153. The molecule has 9 amide bonds. The summed E-state index contributed by atoms with van der Waals surface area (Å²) in [7, 11) is 0. The van der Waals surface area contributed by atoms with Gasteiger partial charge in [0.1, 0.15) is 48.3 Å². The highest BCUT2D eigenvalue weighted by molar-refractivity contribution is 5.99. The molecule has 0 rings (SSSR count). The molecule has 0 aromatic rings. The van der Waals surface area contributed by atoms with Crippen molar-refractivity contribution in [3.05, 3.63) is 0 Å². The summed E-state index contributed by atoms with van der Waals surface area (Å²) in [6.45, 7) is 0.431. The number of hydrogen-bond acceptors (Lipinski definition) is 19. The van der Waals surface area contributed by atoms with E-state index in [4.69, 9.17) is 80.3 Å². The van der Waals surface area contributed by atoms with Crippen molar-refractivity contribution in [1.29, 1.82) is 0 Å². The van der Waals surface area contributed by atoms with E-state index in [-0.39, 0.29) is 146 Å². The SMILES string of the molecule is NCCCC[C@H](NC(=O)[C@H](N)CCCN=C(N)N)C(=O)N[C@@H](CCCCN)C(=O)N[C@@H](CCCN=C(N)N)C(=O)N[C@H](CCCN=C(N)N)C(=O)N[C@@H](CCC(N)=O)C(=O)N[C@@H](CC(=O)O)C(=O)N[C@@H](CCCN=C(N)N)C(=O)N[C@H](CCCN=C(N)N)C(=O)O. The Labute approximate surface area is 526 Å². The molecule has 91 heavy (non-hydrogen) atoms. The Hall–Kier alpha value is -9.60. The van der Waals surface area contributed by atoms with Crippen LogP contribution in [0.1, 0.15) is 122 Å². The molecule has 0 aliphatic heterocycles. The van der Waals surface area contributed by atoms with Crippen LogP contribution in [0.5, 0.6) is 0 Å². The van der Waals surface area contributed by atoms with Gasteiger partial charge in [-0.15, -0.1) is 0 Å². The van der Waals surface area contributed by atoms with E-state index in [1.807, 2.05) is 0 Å². The predicted octanol–water partition coefficient (Wildman–Crippen LogP) is -10.5. The summed E-state index contributed by atoms with van der Waals surface area (Å²) < 4.78 is 0. The van der Waals surface area contributed by atoms with Crippen LogP contribution in [0.15, 0.2) is 25.0 Å². The van der Waals surface area contributed by atoms with Gasteiger partial charge >= 0.3 is 11.9 Å². The maximum Gasteiger partial charge on any atom is 0.326 e. The van der Waals surface area contributed by atoms with Crippen LogP contribution in [-0.2, 0) is 52.7 Å². The number of hydrogen-bond donors (Lipinski definition) is 24. The molecule has 0 unspecified atom stereocenters. The fourth-order valence-corrected chi connectivity index (χ4v) is 8.38. The van der Waals surface area contributed by atoms with Gasteiger partial charge in [-0.05, 0) is 122 Å². The third-order valence-electron chi connectivity index (χ3n) is 13.1. The van der Waals surface area contributed by atoms with Crippen molar-refractivity contribution in [1.82, 2.24) is 42.5 Å². The number of aliphatic carboxylic acids is 2. The van der Waals surface area contributed by atoms with Crippen molar-refractivity contribution in [3.8, 4) is 0 Å². The summed E-state index contributed by atoms with van der Waals surface area (Å²) >= 11 is 0. The topological polar surface area (TPSA) is 751 Å². The van der Waals surface area contributed by atoms with Crippen LogP contribution >= 0.6 is 0 Å². The minimum absolute atomic E-state index is 0.000449. The number of carbonyl (C=O) groups is 11. The van der Waals surface area contributed by atoms with Gasteiger partial charge < -0.3 is 133 Å². The van der Waals surface area contributed by atoms with E-state index in [9.17, 15) is 63.0 Å². The van der Waals surface area contributed by atoms with E-state index >= 15 is 0 Å². The summed E-state index contributed by atoms with van der Waals surface area (Å²) in [4.78, 5) is 168. The average Bonchev–Trinajstić information content (AvgIpc) is 1.75. The number of carboxylic acids is 2. The monoisotopic (exact) mass is 1300 g/mol. The van der Waals surface area contributed by atoms with Crippen LogP contribution in [0.4, 0.5) is 0 Å². The first-order valence-electron chi connectivity index (χ1n) is 29.5. The zero-order chi connectivity index (χ0) is 69.0. The zero-order valence-corrected chi connectivity index (χ0v) is 51.3. The lowest BCUT2D eigenvalue weighted by atomic mass is 10.0. The number of amides is 9. The number of nitrogens with zero attached hydrogens (tertiary/aromatic N) is 5. The predicted molar refractivity (Wildman–Crippen MR) is 337 cm³/mol. The Morgan fingerprint density at radius 1 is 0.308 bits per heavy atom. The molecular formula is C51H99N27O13. The first kappa shape index (κ1) is 81.4. The molecule has 9 atom stereocenters. The number of primary amides is 1. The van der Waals surface area contributed by atoms with Crippen molar-refractivity contribution in [2.75, 3.05) is 45.8 Å². The van der Waals surface area contributed by atoms with Crippen LogP contribution < -0.4 is 123 Å². The second kappa shape index (κ2) is 46.5. The molecule has 38 N–H and O–H groups in total. The highest BCUT2D eigenvalue weighted by atomic mass is 16.4. The van der Waals surface area contributed by atoms with E-state index in [1.165, 1.54) is 0 Å². The van der Waals surface area contributed by atoms with Gasteiger partial charge in [0.25, 0.3) is 0 Å². The number of aliphatic imine (C=N–C) groups is 5. The number of carboxylic acid groups (broad SMARTS) is 2. The summed E-state index contributed by atoms with van der Waals surface area (Å²) in [6, 6.07) is -13.8. The van der Waals surface area contributed by atoms with Crippen molar-refractivity contribution < 1.29 is 63.0 Å². The molecule has 0 spiro atoms. The summed E-state index contributed by atoms with van der Waals surface area (Å²) in [5.74, 6) is -13.5. The molecule has 0 saturated carbocycles. The molecule has 40 heteroatoms. The summed E-state index contributed by atoms with van der Waals surface area (Å²) in [5, 5.41) is 39.5. The smallest absolute Gasteiger partial charge is 0.326 e. The van der Waals surface area contributed by atoms with Gasteiger partial charge in [-0.3, -0.25) is 72.9 Å². The minimum atomic E-state index is -2.03. The van der Waals surface area contributed by atoms with E-state index in [0.717, 1.165) is 0 Å². The Balaban J connectivity index is 7.30. The lowest BCUT2D eigenvalue weighted by Gasteiger charge is -2.28. The highest BCUT2D eigenvalue weighted by Crippen LogP contribution is 2.12. The van der Waals surface area contributed by atoms with Crippen LogP contribution in [-0.4, -0.2) is 205 Å². The van der Waals surface area contributed by atoms with Crippen LogP contribution in [0.25, 0.3) is 0 Å². The highest BCUT2D eigenvalue weighted by Gasteiger charge is 2.36. The van der Waals surface area contributed by atoms with Gasteiger partial charge in [0, 0.05) is 39.1 Å². The van der Waals surface area contributed by atoms with Crippen molar-refractivity contribution in [3.63, 3.8) is 0 Å². The second-order valence-electron chi connectivity index (χ2n) is 20.8. The fourth-order valence-electron chi connectivity index (χ4n) is 8.38. The van der Waals surface area contributed by atoms with E-state index in [0.29, 0.717) is 32.1 Å². The third kappa shape index (κ3) is 39.1. The third-order valence-corrected chi connectivity index (χ3v) is 13.1. The van der Waals surface area contributed by atoms with Crippen LogP contribution in [0, 0.1) is 0 Å². The molecule has 0 aliphatic rings. The molecule has 40 nitrogen and oxygen atoms in total. The van der Waals surface area contributed by atoms with Gasteiger partial charge in [0.05, 0.1) is 12.5 Å². The first-order chi connectivity index (χ1) is 42.9. The number of guanidine groups is 5. The van der Waals surface area contributed by atoms with Gasteiger partial charge in [0.15, 0.2) is 29.8 Å². The lowest BCUT2D eigenvalue weighted by molar-refractivity contribution is -0.143. The van der Waals surface area contributed by atoms with Crippen LogP contribution in [0.2, 0.25) is 0 Å². The zero-order valence-electron chi connectivity index (χ0n) is 51.3. The number of unbranched alkanes of at least 4 members (excludes halogenated alkanes) is 2. The summed E-state index contributed by atoms with van der Waals surface area (Å²) in [6.07, 6.45) is -1.00. The molecule has 0 aromatic heterocycles. The first-order valence-corrected chi connectivity index (χ1v) is 29.5. The molecule has 0 fully saturated rings. The summed E-state index contributed by atoms with van der Waals surface area (Å²) in [5.41, 5.74) is 77.5. The Morgan fingerprint density at radius 2 is 0.549 bits per heavy atom. The molecule has 0 aromatic carbocycles. The molecule has 0 saturated heterocycles. The van der Waals surface area contributed by atoms with Gasteiger partial charge in [-0.25, -0.2) is 4.79 Å². The standard InChI is InChI=1S/C51H99N27O13/c52-19-3-1-11-28(71-38(82)27(54)10-5-21-66-47(56)57)39(83)72-29(12-2-4-20-53)40(84)73-30(13-6-22-67-48(58)59)41(85)74-31(14-7-23-68-49(60)61)42(86)76-33(17-18-36(55)79)44(88)78-35(26-37(80)81)45(89)75-32(15-8-24-69-50(62)63)43(87)77-34(46(90)91)16-9-25-70-51(64)65/h27-35H,1-26,52-54H2,(H2,55,79)(H,71,82)(H,72,83)(H,73,84)(H,74,85)(H,75,89)(H,76,86)(H,77,87)(H,78,88)(H,80,81)(H,90,91)(H4,56,57,66)(H4,58,59,67)(H4,60,61,68)(H4,62,63,69)(H4,64,65,70)/t27-,28+,29+,30+,31-,32+,33+,34-,35+/m1/s1. The maximum absolute atomic E-state index is 14.5. The van der Waals surface area contributed by atoms with Crippen molar-refractivity contribution >= 4 is 94.9 Å². The second-order valence-corrected chi connectivity index (χ2v) is 20.8. The number of rotatable bonds is 50. The van der Waals surface area contributed by atoms with E-state index < -0.39 is 139 Å². The number of carbonyl (C=O) groups excluding carboxylic acids is 9. The van der Waals surface area contributed by atoms with E-state index in [1.54, 1.807) is 0 Å². The lowest BCUT2D eigenvalue weighted by Crippen LogP contribution is -2.60. The molecule has 0 bridgehead atoms. The largest absolute Gasteiger partial charge is 0.481 e. The van der Waals surface area contributed by atoms with Crippen molar-refractivity contribution in [2.45, 2.75) is 176 Å². The molecular weight excluding hydrogens is 1200 g/mol. The Bertz CT molecular complexity index is 2500. The van der Waals surface area contributed by atoms with E-state index in [2.05, 4.69) is 67.5 Å². The maximum atomic E-state index is 14.5. The van der Waals surface area contributed by atoms with Gasteiger partial charge in [-0.1, -0.05) is 0 Å². The molecule has 516 valence electrons. The Morgan fingerprint density at radius 3 is 0.824 bits per heavy atom. The average molecular weight is 1300 g/mol. The van der Waals surface area contributed by atoms with Crippen molar-refractivity contribution in [2.24, 2.45) is 105 Å². The normalized spacial score (nSPS) is 13.7. The van der Waals surface area contributed by atoms with Gasteiger partial charge in [0.2, 0.25) is 53.2 Å². The number of nitrogens with two attached hydrogens (primary N) is 14. The Kier molecular flexibility index (Phi) is 41.6. The fraction of sp³-hybridized carbons (Fsp3) is 0.686. The minimum Gasteiger partial charge on any atom is -0.481 e. The van der Waals surface area contributed by atoms with Gasteiger partial charge in [-0.2, -0.15) is 0 Å². The molecule has 0 radical (unpaired) electrons. The molecule has 0 aliphatic carbocycles. The van der Waals surface area contributed by atoms with Crippen LogP contribution in [0.3, 0.4) is 0 Å². The number of nitrogens with one attached hydrogen (secondary N) is 8. The molecule has 0 heterocycles.